The summed E-state index contributed by atoms with van der Waals surface area (Å²) in [5.74, 6) is -0.239. The number of carbonyl (C=O) groups excluding carboxylic acids is 1. The van der Waals surface area contributed by atoms with Crippen LogP contribution in [0.4, 0.5) is 4.39 Å². The second kappa shape index (κ2) is 5.88. The zero-order valence-electron chi connectivity index (χ0n) is 11.2. The Labute approximate surface area is 117 Å². The van der Waals surface area contributed by atoms with E-state index in [2.05, 4.69) is 10.2 Å². The molecular weight excluding hydrogens is 267 g/mol. The van der Waals surface area contributed by atoms with Gasteiger partial charge >= 0.3 is 0 Å². The molecule has 3 nitrogen and oxygen atoms in total. The van der Waals surface area contributed by atoms with Crippen LogP contribution < -0.4 is 5.32 Å². The van der Waals surface area contributed by atoms with Crippen molar-refractivity contribution >= 4 is 17.5 Å². The molecule has 0 aromatic heterocycles. The van der Waals surface area contributed by atoms with Gasteiger partial charge in [-0.1, -0.05) is 17.7 Å². The number of nitrogens with zero attached hydrogens (tertiary/aromatic N) is 1. The predicted octanol–water partition coefficient (Wildman–Crippen LogP) is 2.50. The highest BCUT2D eigenvalue weighted by Crippen LogP contribution is 2.25. The predicted molar refractivity (Wildman–Crippen MR) is 73.6 cm³/mol. The standard InChI is InChI=1S/C14H18ClFN2O/c1-9-3-4-12(16)11(14(9)15)8-18-6-5-13(19)17-7-10(18)2/h3-4,10H,5-8H2,1-2H3,(H,17,19). The fourth-order valence-corrected chi connectivity index (χ4v) is 2.46. The van der Waals surface area contributed by atoms with Crippen LogP contribution in [0.25, 0.3) is 0 Å². The minimum atomic E-state index is -0.286. The van der Waals surface area contributed by atoms with E-state index < -0.39 is 0 Å². The van der Waals surface area contributed by atoms with Crippen LogP contribution in [0.5, 0.6) is 0 Å². The summed E-state index contributed by atoms with van der Waals surface area (Å²) in [6.07, 6.45) is 0.440. The fourth-order valence-electron chi connectivity index (χ4n) is 2.24. The summed E-state index contributed by atoms with van der Waals surface area (Å²) >= 11 is 6.19. The minimum absolute atomic E-state index is 0.0464. The molecule has 1 aliphatic heterocycles. The van der Waals surface area contributed by atoms with Crippen LogP contribution in [0.15, 0.2) is 12.1 Å². The number of rotatable bonds is 2. The molecule has 0 radical (unpaired) electrons. The Morgan fingerprint density at radius 1 is 1.53 bits per heavy atom. The Bertz CT molecular complexity index is 493. The minimum Gasteiger partial charge on any atom is -0.355 e. The lowest BCUT2D eigenvalue weighted by Gasteiger charge is -2.27. The molecule has 0 saturated carbocycles. The molecule has 1 aromatic carbocycles. The zero-order chi connectivity index (χ0) is 14.0. The van der Waals surface area contributed by atoms with Gasteiger partial charge in [-0.05, 0) is 25.5 Å². The molecule has 5 heteroatoms. The summed E-state index contributed by atoms with van der Waals surface area (Å²) in [5, 5.41) is 3.33. The van der Waals surface area contributed by atoms with E-state index in [4.69, 9.17) is 11.6 Å². The van der Waals surface area contributed by atoms with Crippen LogP contribution in [-0.4, -0.2) is 29.9 Å². The van der Waals surface area contributed by atoms with E-state index in [1.807, 2.05) is 13.8 Å². The Balaban J connectivity index is 2.20. The van der Waals surface area contributed by atoms with E-state index in [0.29, 0.717) is 36.6 Å². The summed E-state index contributed by atoms with van der Waals surface area (Å²) < 4.78 is 13.9. The lowest BCUT2D eigenvalue weighted by Crippen LogP contribution is -2.37. The summed E-state index contributed by atoms with van der Waals surface area (Å²) in [5.41, 5.74) is 1.39. The molecule has 1 aliphatic rings. The maximum Gasteiger partial charge on any atom is 0.221 e. The average molecular weight is 285 g/mol. The zero-order valence-corrected chi connectivity index (χ0v) is 11.9. The normalized spacial score (nSPS) is 21.1. The van der Waals surface area contributed by atoms with Crippen LogP contribution in [0, 0.1) is 12.7 Å². The highest BCUT2D eigenvalue weighted by Gasteiger charge is 2.22. The maximum atomic E-state index is 13.9. The number of benzene rings is 1. The van der Waals surface area contributed by atoms with Gasteiger partial charge in [-0.2, -0.15) is 0 Å². The summed E-state index contributed by atoms with van der Waals surface area (Å²) in [4.78, 5) is 13.5. The largest absolute Gasteiger partial charge is 0.355 e. The number of aryl methyl sites for hydroxylation is 1. The molecule has 1 aromatic rings. The van der Waals surface area contributed by atoms with Crippen molar-refractivity contribution in [1.82, 2.24) is 10.2 Å². The van der Waals surface area contributed by atoms with Gasteiger partial charge < -0.3 is 5.32 Å². The molecule has 2 rings (SSSR count). The summed E-state index contributed by atoms with van der Waals surface area (Å²) in [6.45, 7) is 5.53. The van der Waals surface area contributed by atoms with Crippen molar-refractivity contribution in [2.75, 3.05) is 13.1 Å². The van der Waals surface area contributed by atoms with Crippen LogP contribution in [0.1, 0.15) is 24.5 Å². The molecule has 104 valence electrons. The molecule has 1 fully saturated rings. The van der Waals surface area contributed by atoms with E-state index in [1.165, 1.54) is 6.07 Å². The fraction of sp³-hybridized carbons (Fsp3) is 0.500. The third-order valence-corrected chi connectivity index (χ3v) is 4.11. The highest BCUT2D eigenvalue weighted by molar-refractivity contribution is 6.32. The van der Waals surface area contributed by atoms with Crippen molar-refractivity contribution in [3.8, 4) is 0 Å². The molecule has 1 unspecified atom stereocenters. The van der Waals surface area contributed by atoms with Gasteiger partial charge in [-0.3, -0.25) is 9.69 Å². The van der Waals surface area contributed by atoms with E-state index in [0.717, 1.165) is 5.56 Å². The Morgan fingerprint density at radius 2 is 2.26 bits per heavy atom. The van der Waals surface area contributed by atoms with Crippen molar-refractivity contribution in [2.45, 2.75) is 32.9 Å². The van der Waals surface area contributed by atoms with Crippen molar-refractivity contribution < 1.29 is 9.18 Å². The first-order chi connectivity index (χ1) is 8.99. The summed E-state index contributed by atoms with van der Waals surface area (Å²) in [6, 6.07) is 3.29. The second-order valence-electron chi connectivity index (χ2n) is 5.03. The van der Waals surface area contributed by atoms with Crippen molar-refractivity contribution in [3.05, 3.63) is 34.1 Å². The lowest BCUT2D eigenvalue weighted by atomic mass is 10.1. The Kier molecular flexibility index (Phi) is 4.42. The van der Waals surface area contributed by atoms with Gasteiger partial charge in [0.2, 0.25) is 5.91 Å². The van der Waals surface area contributed by atoms with Crippen molar-refractivity contribution in [2.24, 2.45) is 0 Å². The van der Waals surface area contributed by atoms with Crippen LogP contribution in [0.3, 0.4) is 0 Å². The molecule has 1 saturated heterocycles. The maximum absolute atomic E-state index is 13.9. The Hall–Kier alpha value is -1.13. The average Bonchev–Trinajstić information content (AvgIpc) is 2.54. The van der Waals surface area contributed by atoms with E-state index in [9.17, 15) is 9.18 Å². The van der Waals surface area contributed by atoms with Crippen molar-refractivity contribution in [1.29, 1.82) is 0 Å². The first-order valence-electron chi connectivity index (χ1n) is 6.43. The third-order valence-electron chi connectivity index (χ3n) is 3.58. The number of hydrogen-bond donors (Lipinski definition) is 1. The SMILES string of the molecule is Cc1ccc(F)c(CN2CCC(=O)NCC2C)c1Cl. The van der Waals surface area contributed by atoms with Gasteiger partial charge in [0, 0.05) is 37.7 Å². The molecule has 1 atom stereocenters. The number of hydrogen-bond acceptors (Lipinski definition) is 2. The first kappa shape index (κ1) is 14.3. The van der Waals surface area contributed by atoms with E-state index in [1.54, 1.807) is 6.07 Å². The number of nitrogens with one attached hydrogen (secondary N) is 1. The number of carbonyl (C=O) groups is 1. The lowest BCUT2D eigenvalue weighted by molar-refractivity contribution is -0.120. The molecule has 1 N–H and O–H groups in total. The van der Waals surface area contributed by atoms with Gasteiger partial charge in [0.1, 0.15) is 5.82 Å². The van der Waals surface area contributed by atoms with Crippen LogP contribution >= 0.6 is 11.6 Å². The van der Waals surface area contributed by atoms with E-state index in [-0.39, 0.29) is 17.8 Å². The van der Waals surface area contributed by atoms with E-state index >= 15 is 0 Å². The Morgan fingerprint density at radius 3 is 3.00 bits per heavy atom. The molecule has 19 heavy (non-hydrogen) atoms. The smallest absolute Gasteiger partial charge is 0.221 e. The molecule has 1 heterocycles. The highest BCUT2D eigenvalue weighted by atomic mass is 35.5. The number of halogens is 2. The van der Waals surface area contributed by atoms with Gasteiger partial charge in [0.25, 0.3) is 0 Å². The summed E-state index contributed by atoms with van der Waals surface area (Å²) in [7, 11) is 0. The van der Waals surface area contributed by atoms with Gasteiger partial charge in [0.05, 0.1) is 5.02 Å². The van der Waals surface area contributed by atoms with Crippen molar-refractivity contribution in [3.63, 3.8) is 0 Å². The van der Waals surface area contributed by atoms with Gasteiger partial charge in [-0.25, -0.2) is 4.39 Å². The molecule has 0 spiro atoms. The van der Waals surface area contributed by atoms with Crippen LogP contribution in [0.2, 0.25) is 5.02 Å². The topological polar surface area (TPSA) is 32.3 Å². The van der Waals surface area contributed by atoms with Crippen LogP contribution in [-0.2, 0) is 11.3 Å². The van der Waals surface area contributed by atoms with Gasteiger partial charge in [-0.15, -0.1) is 0 Å². The number of amides is 1. The third kappa shape index (κ3) is 3.25. The molecule has 0 bridgehead atoms. The molecule has 0 aliphatic carbocycles. The first-order valence-corrected chi connectivity index (χ1v) is 6.81. The molecular formula is C14H18ClFN2O. The molecule has 1 amide bonds. The second-order valence-corrected chi connectivity index (χ2v) is 5.41. The monoisotopic (exact) mass is 284 g/mol. The van der Waals surface area contributed by atoms with Gasteiger partial charge in [0.15, 0.2) is 0 Å². The quantitative estimate of drug-likeness (QED) is 0.905.